The average molecular weight is 254 g/mol. The van der Waals surface area contributed by atoms with Crippen molar-refractivity contribution in [2.24, 2.45) is 5.92 Å². The molecule has 0 aromatic carbocycles. The molecule has 0 radical (unpaired) electrons. The first-order valence-electron chi connectivity index (χ1n) is 6.43. The van der Waals surface area contributed by atoms with Crippen LogP contribution in [0.4, 0.5) is 0 Å². The Morgan fingerprint density at radius 1 is 1.47 bits per heavy atom. The van der Waals surface area contributed by atoms with E-state index in [1.54, 1.807) is 11.3 Å². The van der Waals surface area contributed by atoms with E-state index in [0.717, 1.165) is 25.2 Å². The Morgan fingerprint density at radius 3 is 2.88 bits per heavy atom. The number of nitrogens with zero attached hydrogens (tertiary/aromatic N) is 2. The van der Waals surface area contributed by atoms with E-state index < -0.39 is 0 Å². The first-order valence-corrected chi connectivity index (χ1v) is 7.30. The number of aliphatic hydroxyl groups is 1. The van der Waals surface area contributed by atoms with Crippen molar-refractivity contribution in [3.8, 4) is 0 Å². The molecule has 1 saturated carbocycles. The van der Waals surface area contributed by atoms with Crippen LogP contribution in [0.3, 0.4) is 0 Å². The molecule has 1 fully saturated rings. The molecule has 2 rings (SSSR count). The molecule has 0 spiro atoms. The van der Waals surface area contributed by atoms with E-state index in [2.05, 4.69) is 22.3 Å². The van der Waals surface area contributed by atoms with Crippen LogP contribution in [0.2, 0.25) is 0 Å². The Balaban J connectivity index is 1.82. The van der Waals surface area contributed by atoms with Crippen molar-refractivity contribution in [1.82, 2.24) is 9.88 Å². The van der Waals surface area contributed by atoms with Gasteiger partial charge in [0.05, 0.1) is 12.6 Å². The van der Waals surface area contributed by atoms with Gasteiger partial charge in [-0.3, -0.25) is 4.90 Å². The molecule has 0 bridgehead atoms. The quantitative estimate of drug-likeness (QED) is 0.896. The van der Waals surface area contributed by atoms with Gasteiger partial charge in [0.25, 0.3) is 0 Å². The van der Waals surface area contributed by atoms with Crippen LogP contribution >= 0.6 is 11.3 Å². The van der Waals surface area contributed by atoms with Crippen molar-refractivity contribution in [3.63, 3.8) is 0 Å². The molecule has 2 unspecified atom stereocenters. The van der Waals surface area contributed by atoms with Crippen molar-refractivity contribution in [2.45, 2.75) is 45.3 Å². The number of aryl methyl sites for hydroxylation is 1. The van der Waals surface area contributed by atoms with Gasteiger partial charge < -0.3 is 5.11 Å². The summed E-state index contributed by atoms with van der Waals surface area (Å²) < 4.78 is 0. The average Bonchev–Trinajstić information content (AvgIpc) is 2.67. The Kier molecular flexibility index (Phi) is 4.54. The summed E-state index contributed by atoms with van der Waals surface area (Å²) in [5.41, 5.74) is 1.11. The summed E-state index contributed by atoms with van der Waals surface area (Å²) in [6.07, 6.45) is 4.51. The number of thiazole rings is 1. The minimum absolute atomic E-state index is 0.0933. The van der Waals surface area contributed by atoms with E-state index in [-0.39, 0.29) is 6.10 Å². The second-order valence-electron chi connectivity index (χ2n) is 5.19. The van der Waals surface area contributed by atoms with Gasteiger partial charge in [-0.15, -0.1) is 11.3 Å². The summed E-state index contributed by atoms with van der Waals surface area (Å²) in [7, 11) is 2.12. The number of aliphatic hydroxyl groups excluding tert-OH is 1. The summed E-state index contributed by atoms with van der Waals surface area (Å²) in [5, 5.41) is 13.2. The smallest absolute Gasteiger partial charge is 0.107 e. The van der Waals surface area contributed by atoms with Crippen LogP contribution in [-0.4, -0.2) is 34.7 Å². The lowest BCUT2D eigenvalue weighted by atomic mass is 9.86. The first kappa shape index (κ1) is 13.0. The van der Waals surface area contributed by atoms with Gasteiger partial charge in [0.1, 0.15) is 5.01 Å². The molecule has 17 heavy (non-hydrogen) atoms. The molecule has 2 atom stereocenters. The van der Waals surface area contributed by atoms with Crippen LogP contribution in [0, 0.1) is 12.8 Å². The lowest BCUT2D eigenvalue weighted by molar-refractivity contribution is 0.0501. The second kappa shape index (κ2) is 5.94. The van der Waals surface area contributed by atoms with Gasteiger partial charge in [-0.05, 0) is 32.7 Å². The van der Waals surface area contributed by atoms with Crippen LogP contribution in [0.1, 0.15) is 36.4 Å². The topological polar surface area (TPSA) is 36.4 Å². The largest absolute Gasteiger partial charge is 0.393 e. The normalized spacial score (nSPS) is 25.4. The first-order chi connectivity index (χ1) is 8.15. The predicted octanol–water partition coefficient (Wildman–Crippen LogP) is 2.43. The predicted molar refractivity (Wildman–Crippen MR) is 71.1 cm³/mol. The molecular weight excluding hydrogens is 232 g/mol. The third-order valence-electron chi connectivity index (χ3n) is 3.49. The van der Waals surface area contributed by atoms with E-state index in [0.29, 0.717) is 5.92 Å². The zero-order chi connectivity index (χ0) is 12.3. The zero-order valence-corrected chi connectivity index (χ0v) is 11.5. The van der Waals surface area contributed by atoms with Crippen molar-refractivity contribution >= 4 is 11.3 Å². The highest BCUT2D eigenvalue weighted by atomic mass is 32.1. The fraction of sp³-hybridized carbons (Fsp3) is 0.769. The second-order valence-corrected chi connectivity index (χ2v) is 6.13. The van der Waals surface area contributed by atoms with E-state index >= 15 is 0 Å². The molecular formula is C13H22N2OS. The summed E-state index contributed by atoms with van der Waals surface area (Å²) in [5.74, 6) is 0.454. The van der Waals surface area contributed by atoms with Gasteiger partial charge in [0.2, 0.25) is 0 Å². The van der Waals surface area contributed by atoms with E-state index in [9.17, 15) is 5.11 Å². The van der Waals surface area contributed by atoms with E-state index in [1.165, 1.54) is 24.3 Å². The minimum Gasteiger partial charge on any atom is -0.393 e. The Morgan fingerprint density at radius 2 is 2.24 bits per heavy atom. The van der Waals surface area contributed by atoms with Crippen LogP contribution in [0.5, 0.6) is 0 Å². The fourth-order valence-corrected chi connectivity index (χ4v) is 3.42. The van der Waals surface area contributed by atoms with Gasteiger partial charge in [0, 0.05) is 17.6 Å². The molecule has 0 amide bonds. The molecule has 3 nitrogen and oxygen atoms in total. The molecule has 1 aromatic rings. The maximum atomic E-state index is 9.95. The summed E-state index contributed by atoms with van der Waals surface area (Å²) in [6.45, 7) is 3.92. The van der Waals surface area contributed by atoms with Gasteiger partial charge in [-0.25, -0.2) is 4.98 Å². The maximum Gasteiger partial charge on any atom is 0.107 e. The van der Waals surface area contributed by atoms with Gasteiger partial charge in [0.15, 0.2) is 0 Å². The fourth-order valence-electron chi connectivity index (χ4n) is 2.57. The molecule has 4 heteroatoms. The number of hydrogen-bond donors (Lipinski definition) is 1. The third-order valence-corrected chi connectivity index (χ3v) is 4.44. The van der Waals surface area contributed by atoms with Gasteiger partial charge in [-0.2, -0.15) is 0 Å². The third kappa shape index (κ3) is 3.76. The lowest BCUT2D eigenvalue weighted by Gasteiger charge is -2.30. The van der Waals surface area contributed by atoms with Crippen molar-refractivity contribution in [2.75, 3.05) is 13.6 Å². The summed E-state index contributed by atoms with van der Waals surface area (Å²) in [6, 6.07) is 0. The van der Waals surface area contributed by atoms with Crippen molar-refractivity contribution < 1.29 is 5.11 Å². The molecule has 0 saturated heterocycles. The number of rotatable bonds is 4. The molecule has 1 aliphatic carbocycles. The molecule has 1 aromatic heterocycles. The highest BCUT2D eigenvalue weighted by Gasteiger charge is 2.24. The summed E-state index contributed by atoms with van der Waals surface area (Å²) >= 11 is 1.73. The molecule has 1 heterocycles. The number of aromatic nitrogens is 1. The Hall–Kier alpha value is -0.450. The lowest BCUT2D eigenvalue weighted by Crippen LogP contribution is -2.34. The molecule has 1 N–H and O–H groups in total. The van der Waals surface area contributed by atoms with Crippen molar-refractivity contribution in [1.29, 1.82) is 0 Å². The molecule has 1 aliphatic rings. The van der Waals surface area contributed by atoms with Crippen LogP contribution in [0.25, 0.3) is 0 Å². The zero-order valence-electron chi connectivity index (χ0n) is 10.7. The Labute approximate surface area is 107 Å². The van der Waals surface area contributed by atoms with Gasteiger partial charge in [-0.1, -0.05) is 12.8 Å². The van der Waals surface area contributed by atoms with E-state index in [1.807, 2.05) is 6.92 Å². The molecule has 0 aliphatic heterocycles. The van der Waals surface area contributed by atoms with Crippen LogP contribution in [-0.2, 0) is 6.54 Å². The van der Waals surface area contributed by atoms with Gasteiger partial charge >= 0.3 is 0 Å². The maximum absolute atomic E-state index is 9.95. The monoisotopic (exact) mass is 254 g/mol. The highest BCUT2D eigenvalue weighted by Crippen LogP contribution is 2.25. The van der Waals surface area contributed by atoms with Crippen LogP contribution < -0.4 is 0 Å². The highest BCUT2D eigenvalue weighted by molar-refractivity contribution is 7.09. The Bertz CT molecular complexity index is 353. The number of hydrogen-bond acceptors (Lipinski definition) is 4. The minimum atomic E-state index is -0.0933. The summed E-state index contributed by atoms with van der Waals surface area (Å²) in [4.78, 5) is 6.77. The standard InChI is InChI=1S/C13H22N2OS/c1-10-9-17-13(14-10)8-15(2)7-11-5-3-4-6-12(11)16/h9,11-12,16H,3-8H2,1-2H3. The van der Waals surface area contributed by atoms with Crippen LogP contribution in [0.15, 0.2) is 5.38 Å². The van der Waals surface area contributed by atoms with Crippen molar-refractivity contribution in [3.05, 3.63) is 16.1 Å². The molecule has 96 valence electrons. The SMILES string of the molecule is Cc1csc(CN(C)CC2CCCCC2O)n1. The van der Waals surface area contributed by atoms with E-state index in [4.69, 9.17) is 0 Å².